The number of likely N-dealkylation sites (N-methyl/N-ethyl adjacent to an activating group) is 1. The van der Waals surface area contributed by atoms with E-state index in [4.69, 9.17) is 4.98 Å². The maximum absolute atomic E-state index is 13.8. The van der Waals surface area contributed by atoms with Gasteiger partial charge >= 0.3 is 0 Å². The lowest BCUT2D eigenvalue weighted by Crippen LogP contribution is -2.44. The summed E-state index contributed by atoms with van der Waals surface area (Å²) in [4.78, 5) is 39.0. The number of piperazine rings is 1. The molecule has 0 atom stereocenters. The van der Waals surface area contributed by atoms with E-state index in [9.17, 15) is 9.59 Å². The van der Waals surface area contributed by atoms with Crippen LogP contribution >= 0.6 is 0 Å². The zero-order valence-electron chi connectivity index (χ0n) is 25.2. The number of anilines is 1. The van der Waals surface area contributed by atoms with Crippen molar-refractivity contribution in [3.63, 3.8) is 0 Å². The number of nitrogens with one attached hydrogen (secondary N) is 2. The maximum Gasteiger partial charge on any atom is 0.253 e. The van der Waals surface area contributed by atoms with Crippen LogP contribution in [0, 0.1) is 13.8 Å². The van der Waals surface area contributed by atoms with Crippen molar-refractivity contribution in [1.82, 2.24) is 24.8 Å². The standard InChI is InChI=1S/C33H42N6O2/c1-7-8-24-15-23(5)36-33(41)28(24)19-35-32(40)27-16-26(17-29-31(27)22(4)20-39(29)21(2)3)25-9-10-30(34-18-25)38-13-11-37(6)12-14-38/h9-10,15-18,20-21H,7-8,11-14,19H2,1-6H3,(H,35,40)(H,36,41). The number of aryl methyl sites for hydroxylation is 3. The number of amides is 1. The molecule has 4 heterocycles. The molecule has 3 aromatic heterocycles. The quantitative estimate of drug-likeness (QED) is 0.312. The molecule has 1 saturated heterocycles. The van der Waals surface area contributed by atoms with Gasteiger partial charge in [0.15, 0.2) is 0 Å². The van der Waals surface area contributed by atoms with Gasteiger partial charge in [-0.3, -0.25) is 9.59 Å². The molecule has 0 unspecified atom stereocenters. The number of rotatable bonds is 8. The smallest absolute Gasteiger partial charge is 0.253 e. The molecule has 216 valence electrons. The van der Waals surface area contributed by atoms with Crippen LogP contribution in [-0.4, -0.2) is 58.6 Å². The second-order valence-electron chi connectivity index (χ2n) is 11.6. The van der Waals surface area contributed by atoms with Crippen LogP contribution in [0.2, 0.25) is 0 Å². The van der Waals surface area contributed by atoms with Crippen molar-refractivity contribution < 1.29 is 4.79 Å². The maximum atomic E-state index is 13.8. The first-order chi connectivity index (χ1) is 19.7. The average Bonchev–Trinajstić information content (AvgIpc) is 3.29. The van der Waals surface area contributed by atoms with Gasteiger partial charge in [0, 0.05) is 84.4 Å². The molecule has 0 radical (unpaired) electrons. The summed E-state index contributed by atoms with van der Waals surface area (Å²) < 4.78 is 2.22. The highest BCUT2D eigenvalue weighted by atomic mass is 16.1. The van der Waals surface area contributed by atoms with Crippen molar-refractivity contribution in [2.45, 2.75) is 60.0 Å². The van der Waals surface area contributed by atoms with Gasteiger partial charge in [0.2, 0.25) is 0 Å². The highest BCUT2D eigenvalue weighted by molar-refractivity contribution is 6.09. The Hall–Kier alpha value is -3.91. The van der Waals surface area contributed by atoms with Crippen LogP contribution in [0.5, 0.6) is 0 Å². The number of H-pyrrole nitrogens is 1. The largest absolute Gasteiger partial charge is 0.354 e. The minimum atomic E-state index is -0.189. The fraction of sp³-hybridized carbons (Fsp3) is 0.424. The lowest BCUT2D eigenvalue weighted by atomic mass is 9.98. The number of hydrogen-bond donors (Lipinski definition) is 2. The van der Waals surface area contributed by atoms with Crippen LogP contribution in [0.25, 0.3) is 22.0 Å². The van der Waals surface area contributed by atoms with Crippen LogP contribution in [0.15, 0.2) is 47.5 Å². The zero-order valence-corrected chi connectivity index (χ0v) is 25.2. The summed E-state index contributed by atoms with van der Waals surface area (Å²) in [6.07, 6.45) is 5.75. The molecule has 8 nitrogen and oxygen atoms in total. The Balaban J connectivity index is 1.51. The Morgan fingerprint density at radius 1 is 1.07 bits per heavy atom. The molecule has 8 heteroatoms. The minimum absolute atomic E-state index is 0.138. The summed E-state index contributed by atoms with van der Waals surface area (Å²) >= 11 is 0. The van der Waals surface area contributed by atoms with Gasteiger partial charge in [0.25, 0.3) is 11.5 Å². The van der Waals surface area contributed by atoms with Gasteiger partial charge < -0.3 is 24.7 Å². The molecule has 1 aliphatic rings. The number of pyridine rings is 2. The Labute approximate surface area is 242 Å². The number of carbonyl (C=O) groups excluding carboxylic acids is 1. The predicted octanol–water partition coefficient (Wildman–Crippen LogP) is 5.22. The first kappa shape index (κ1) is 28.6. The second-order valence-corrected chi connectivity index (χ2v) is 11.6. The van der Waals surface area contributed by atoms with Crippen molar-refractivity contribution in [2.24, 2.45) is 0 Å². The van der Waals surface area contributed by atoms with E-state index >= 15 is 0 Å². The first-order valence-electron chi connectivity index (χ1n) is 14.7. The normalized spacial score (nSPS) is 14.3. The fourth-order valence-electron chi connectivity index (χ4n) is 5.87. The summed E-state index contributed by atoms with van der Waals surface area (Å²) in [5.74, 6) is 0.791. The third-order valence-corrected chi connectivity index (χ3v) is 8.14. The molecule has 4 aromatic rings. The van der Waals surface area contributed by atoms with Gasteiger partial charge in [0.1, 0.15) is 5.82 Å². The highest BCUT2D eigenvalue weighted by Gasteiger charge is 2.20. The molecule has 41 heavy (non-hydrogen) atoms. The van der Waals surface area contributed by atoms with E-state index in [1.165, 1.54) is 0 Å². The minimum Gasteiger partial charge on any atom is -0.354 e. The summed E-state index contributed by atoms with van der Waals surface area (Å²) in [5, 5.41) is 4.01. The summed E-state index contributed by atoms with van der Waals surface area (Å²) in [5.41, 5.74) is 6.89. The van der Waals surface area contributed by atoms with Crippen LogP contribution in [0.4, 0.5) is 5.82 Å². The number of aromatic amines is 1. The monoisotopic (exact) mass is 554 g/mol. The van der Waals surface area contributed by atoms with Crippen LogP contribution in [-0.2, 0) is 13.0 Å². The van der Waals surface area contributed by atoms with Gasteiger partial charge in [-0.1, -0.05) is 13.3 Å². The number of benzene rings is 1. The highest BCUT2D eigenvalue weighted by Crippen LogP contribution is 2.33. The summed E-state index contributed by atoms with van der Waals surface area (Å²) in [6, 6.07) is 10.6. The number of carbonyl (C=O) groups is 1. The van der Waals surface area contributed by atoms with Crippen molar-refractivity contribution >= 4 is 22.6 Å². The van der Waals surface area contributed by atoms with Gasteiger partial charge in [-0.15, -0.1) is 0 Å². The molecular weight excluding hydrogens is 512 g/mol. The zero-order chi connectivity index (χ0) is 29.3. The molecule has 0 aliphatic carbocycles. The number of fused-ring (bicyclic) bond motifs is 1. The van der Waals surface area contributed by atoms with Crippen LogP contribution in [0.1, 0.15) is 66.0 Å². The van der Waals surface area contributed by atoms with E-state index in [-0.39, 0.29) is 24.1 Å². The number of nitrogens with zero attached hydrogens (tertiary/aromatic N) is 4. The molecule has 0 bridgehead atoms. The van der Waals surface area contributed by atoms with Gasteiger partial charge in [0.05, 0.1) is 0 Å². The van der Waals surface area contributed by atoms with Crippen LogP contribution in [0.3, 0.4) is 0 Å². The molecular formula is C33H42N6O2. The Bertz CT molecular complexity index is 1610. The van der Waals surface area contributed by atoms with Crippen LogP contribution < -0.4 is 15.8 Å². The third-order valence-electron chi connectivity index (χ3n) is 8.14. The second kappa shape index (κ2) is 11.9. The summed E-state index contributed by atoms with van der Waals surface area (Å²) in [6.45, 7) is 14.5. The SMILES string of the molecule is CCCc1cc(C)[nH]c(=O)c1CNC(=O)c1cc(-c2ccc(N3CCN(C)CC3)nc2)cc2c1c(C)cn2C(C)C. The molecule has 1 aromatic carbocycles. The van der Waals surface area contributed by atoms with Gasteiger partial charge in [-0.25, -0.2) is 4.98 Å². The molecule has 1 amide bonds. The Kier molecular flexibility index (Phi) is 8.31. The van der Waals surface area contributed by atoms with Gasteiger partial charge in [-0.2, -0.15) is 0 Å². The number of hydrogen-bond acceptors (Lipinski definition) is 5. The van der Waals surface area contributed by atoms with Crippen molar-refractivity contribution in [3.05, 3.63) is 81.0 Å². The van der Waals surface area contributed by atoms with Crippen molar-refractivity contribution in [1.29, 1.82) is 0 Å². The lowest BCUT2D eigenvalue weighted by molar-refractivity contribution is 0.0952. The Morgan fingerprint density at radius 3 is 2.49 bits per heavy atom. The van der Waals surface area contributed by atoms with E-state index in [0.717, 1.165) is 83.7 Å². The van der Waals surface area contributed by atoms with Crippen molar-refractivity contribution in [2.75, 3.05) is 38.1 Å². The topological polar surface area (TPSA) is 86.3 Å². The lowest BCUT2D eigenvalue weighted by Gasteiger charge is -2.33. The van der Waals surface area contributed by atoms with E-state index in [1.54, 1.807) is 0 Å². The molecule has 0 saturated carbocycles. The Morgan fingerprint density at radius 2 is 1.83 bits per heavy atom. The predicted molar refractivity (Wildman–Crippen MR) is 167 cm³/mol. The van der Waals surface area contributed by atoms with E-state index < -0.39 is 0 Å². The number of aromatic nitrogens is 3. The molecule has 0 spiro atoms. The van der Waals surface area contributed by atoms with E-state index in [2.05, 4.69) is 76.9 Å². The molecule has 1 fully saturated rings. The average molecular weight is 555 g/mol. The first-order valence-corrected chi connectivity index (χ1v) is 14.7. The molecule has 2 N–H and O–H groups in total. The fourth-order valence-corrected chi connectivity index (χ4v) is 5.87. The third kappa shape index (κ3) is 5.93. The molecule has 1 aliphatic heterocycles. The van der Waals surface area contributed by atoms with Gasteiger partial charge in [-0.05, 0) is 88.2 Å². The summed E-state index contributed by atoms with van der Waals surface area (Å²) in [7, 11) is 2.15. The van der Waals surface area contributed by atoms with Crippen molar-refractivity contribution in [3.8, 4) is 11.1 Å². The van der Waals surface area contributed by atoms with E-state index in [1.807, 2.05) is 32.2 Å². The molecule has 5 rings (SSSR count). The van der Waals surface area contributed by atoms with E-state index in [0.29, 0.717) is 11.1 Å².